The standard InChI is InChI=1S/C19H30N4O3Si/c1-16(2)22(17-7-6-8-18(11-17)23(24)25)13-19-12-20-14-21(19)15-26-9-10-27(3,4)5/h6-8,11-12,14,16H,9-10,13,15H2,1-5H3. The molecule has 0 bridgehead atoms. The fourth-order valence-corrected chi connectivity index (χ4v) is 3.43. The smallest absolute Gasteiger partial charge is 0.271 e. The van der Waals surface area contributed by atoms with E-state index in [-0.39, 0.29) is 16.7 Å². The molecule has 2 rings (SSSR count). The predicted octanol–water partition coefficient (Wildman–Crippen LogP) is 4.52. The zero-order valence-corrected chi connectivity index (χ0v) is 17.9. The van der Waals surface area contributed by atoms with Crippen LogP contribution in [-0.4, -0.2) is 35.2 Å². The Bertz CT molecular complexity index is 755. The second-order valence-electron chi connectivity index (χ2n) is 8.20. The van der Waals surface area contributed by atoms with Crippen LogP contribution in [0.1, 0.15) is 19.5 Å². The molecule has 27 heavy (non-hydrogen) atoms. The van der Waals surface area contributed by atoms with Gasteiger partial charge in [-0.1, -0.05) is 25.7 Å². The highest BCUT2D eigenvalue weighted by atomic mass is 28.3. The number of nitro groups is 1. The van der Waals surface area contributed by atoms with Gasteiger partial charge >= 0.3 is 0 Å². The van der Waals surface area contributed by atoms with Crippen molar-refractivity contribution in [3.05, 3.63) is 52.6 Å². The van der Waals surface area contributed by atoms with E-state index in [1.807, 2.05) is 16.8 Å². The zero-order valence-electron chi connectivity index (χ0n) is 16.9. The first kappa shape index (κ1) is 21.1. The fraction of sp³-hybridized carbons (Fsp3) is 0.526. The van der Waals surface area contributed by atoms with E-state index in [4.69, 9.17) is 4.74 Å². The summed E-state index contributed by atoms with van der Waals surface area (Å²) in [5, 5.41) is 11.1. The lowest BCUT2D eigenvalue weighted by Gasteiger charge is -2.29. The zero-order chi connectivity index (χ0) is 20.0. The number of hydrogen-bond donors (Lipinski definition) is 0. The molecule has 0 unspecified atom stereocenters. The topological polar surface area (TPSA) is 73.4 Å². The normalized spacial score (nSPS) is 11.8. The first-order valence-electron chi connectivity index (χ1n) is 9.25. The molecule has 0 saturated carbocycles. The lowest BCUT2D eigenvalue weighted by Crippen LogP contribution is -2.31. The van der Waals surface area contributed by atoms with Crippen molar-refractivity contribution in [1.29, 1.82) is 0 Å². The molecule has 0 saturated heterocycles. The van der Waals surface area contributed by atoms with E-state index in [1.54, 1.807) is 18.5 Å². The average molecular weight is 391 g/mol. The average Bonchev–Trinajstić information content (AvgIpc) is 3.02. The Morgan fingerprint density at radius 1 is 1.33 bits per heavy atom. The number of ether oxygens (including phenoxy) is 1. The molecule has 0 radical (unpaired) electrons. The van der Waals surface area contributed by atoms with E-state index in [2.05, 4.69) is 43.4 Å². The summed E-state index contributed by atoms with van der Waals surface area (Å²) in [6.45, 7) is 13.0. The third kappa shape index (κ3) is 6.48. The van der Waals surface area contributed by atoms with Gasteiger partial charge in [-0.15, -0.1) is 0 Å². The predicted molar refractivity (Wildman–Crippen MR) is 111 cm³/mol. The molecule has 0 N–H and O–H groups in total. The van der Waals surface area contributed by atoms with Gasteiger partial charge in [0.05, 0.1) is 29.7 Å². The maximum absolute atomic E-state index is 11.1. The summed E-state index contributed by atoms with van der Waals surface area (Å²) in [6, 6.07) is 8.06. The van der Waals surface area contributed by atoms with Gasteiger partial charge in [-0.3, -0.25) is 10.1 Å². The van der Waals surface area contributed by atoms with E-state index >= 15 is 0 Å². The molecular formula is C19H30N4O3Si. The molecule has 0 atom stereocenters. The van der Waals surface area contributed by atoms with E-state index in [0.717, 1.165) is 24.0 Å². The Hall–Kier alpha value is -2.19. The Morgan fingerprint density at radius 3 is 2.70 bits per heavy atom. The van der Waals surface area contributed by atoms with E-state index in [0.29, 0.717) is 13.3 Å². The molecule has 1 aromatic carbocycles. The van der Waals surface area contributed by atoms with Crippen LogP contribution in [0.15, 0.2) is 36.8 Å². The van der Waals surface area contributed by atoms with E-state index < -0.39 is 8.07 Å². The molecule has 2 aromatic rings. The SMILES string of the molecule is CC(C)N(Cc1cncn1COCC[Si](C)(C)C)c1cccc([N+](=O)[O-])c1. The summed E-state index contributed by atoms with van der Waals surface area (Å²) in [5.74, 6) is 0. The molecular weight excluding hydrogens is 360 g/mol. The minimum Gasteiger partial charge on any atom is -0.363 e. The minimum atomic E-state index is -1.11. The van der Waals surface area contributed by atoms with Gasteiger partial charge in [0.15, 0.2) is 0 Å². The Morgan fingerprint density at radius 2 is 2.07 bits per heavy atom. The fourth-order valence-electron chi connectivity index (χ4n) is 2.67. The van der Waals surface area contributed by atoms with Gasteiger partial charge in [-0.2, -0.15) is 0 Å². The number of nitrogens with zero attached hydrogens (tertiary/aromatic N) is 4. The van der Waals surface area contributed by atoms with Gasteiger partial charge < -0.3 is 14.2 Å². The number of nitro benzene ring substituents is 1. The van der Waals surface area contributed by atoms with Crippen LogP contribution in [0.2, 0.25) is 25.7 Å². The Balaban J connectivity index is 2.08. The van der Waals surface area contributed by atoms with Crippen LogP contribution in [0.3, 0.4) is 0 Å². The van der Waals surface area contributed by atoms with Crippen molar-refractivity contribution in [2.75, 3.05) is 11.5 Å². The van der Waals surface area contributed by atoms with Crippen molar-refractivity contribution in [1.82, 2.24) is 9.55 Å². The van der Waals surface area contributed by atoms with E-state index in [9.17, 15) is 10.1 Å². The molecule has 0 fully saturated rings. The number of anilines is 1. The molecule has 1 heterocycles. The summed E-state index contributed by atoms with van der Waals surface area (Å²) in [6.07, 6.45) is 3.60. The van der Waals surface area contributed by atoms with Gasteiger partial charge in [-0.25, -0.2) is 4.98 Å². The van der Waals surface area contributed by atoms with Crippen LogP contribution in [0.5, 0.6) is 0 Å². The molecule has 0 aliphatic carbocycles. The number of non-ortho nitro benzene ring substituents is 1. The lowest BCUT2D eigenvalue weighted by atomic mass is 10.2. The molecule has 8 heteroatoms. The van der Waals surface area contributed by atoms with Crippen LogP contribution >= 0.6 is 0 Å². The highest BCUT2D eigenvalue weighted by Gasteiger charge is 2.17. The van der Waals surface area contributed by atoms with Crippen LogP contribution in [0.4, 0.5) is 11.4 Å². The van der Waals surface area contributed by atoms with Gasteiger partial charge in [0.1, 0.15) is 6.73 Å². The first-order valence-corrected chi connectivity index (χ1v) is 13.0. The lowest BCUT2D eigenvalue weighted by molar-refractivity contribution is -0.384. The second-order valence-corrected chi connectivity index (χ2v) is 13.8. The number of hydrogen-bond acceptors (Lipinski definition) is 5. The van der Waals surface area contributed by atoms with Crippen molar-refractivity contribution in [2.45, 2.75) is 58.9 Å². The molecule has 7 nitrogen and oxygen atoms in total. The third-order valence-corrected chi connectivity index (χ3v) is 6.06. The Kier molecular flexibility index (Phi) is 7.15. The van der Waals surface area contributed by atoms with Crippen LogP contribution < -0.4 is 4.90 Å². The maximum atomic E-state index is 11.1. The molecule has 0 spiro atoms. The van der Waals surface area contributed by atoms with Crippen molar-refractivity contribution < 1.29 is 9.66 Å². The minimum absolute atomic E-state index is 0.0985. The summed E-state index contributed by atoms with van der Waals surface area (Å²) < 4.78 is 7.84. The van der Waals surface area contributed by atoms with Crippen LogP contribution in [-0.2, 0) is 18.0 Å². The monoisotopic (exact) mass is 390 g/mol. The number of imidazole rings is 1. The van der Waals surface area contributed by atoms with Gasteiger partial charge in [0.25, 0.3) is 5.69 Å². The van der Waals surface area contributed by atoms with Crippen molar-refractivity contribution in [3.63, 3.8) is 0 Å². The molecule has 1 aromatic heterocycles. The summed E-state index contributed by atoms with van der Waals surface area (Å²) in [7, 11) is -1.11. The quantitative estimate of drug-likeness (QED) is 0.258. The molecule has 0 aliphatic heterocycles. The van der Waals surface area contributed by atoms with Gasteiger partial charge in [-0.05, 0) is 26.0 Å². The molecule has 0 amide bonds. The Labute approximate surface area is 162 Å². The van der Waals surface area contributed by atoms with Crippen LogP contribution in [0.25, 0.3) is 0 Å². The first-order chi connectivity index (χ1) is 12.7. The highest BCUT2D eigenvalue weighted by Crippen LogP contribution is 2.24. The number of rotatable bonds is 10. The summed E-state index contributed by atoms with van der Waals surface area (Å²) in [4.78, 5) is 17.1. The largest absolute Gasteiger partial charge is 0.363 e. The summed E-state index contributed by atoms with van der Waals surface area (Å²) >= 11 is 0. The molecule has 0 aliphatic rings. The highest BCUT2D eigenvalue weighted by molar-refractivity contribution is 6.76. The second kappa shape index (κ2) is 9.14. The maximum Gasteiger partial charge on any atom is 0.271 e. The van der Waals surface area contributed by atoms with Gasteiger partial charge in [0, 0.05) is 38.5 Å². The van der Waals surface area contributed by atoms with Crippen molar-refractivity contribution in [3.8, 4) is 0 Å². The van der Waals surface area contributed by atoms with E-state index in [1.165, 1.54) is 6.07 Å². The third-order valence-electron chi connectivity index (χ3n) is 4.35. The molecule has 148 valence electrons. The van der Waals surface area contributed by atoms with Gasteiger partial charge in [0.2, 0.25) is 0 Å². The summed E-state index contributed by atoms with van der Waals surface area (Å²) in [5.41, 5.74) is 1.94. The van der Waals surface area contributed by atoms with Crippen molar-refractivity contribution >= 4 is 19.4 Å². The number of aromatic nitrogens is 2. The van der Waals surface area contributed by atoms with Crippen LogP contribution in [0, 0.1) is 10.1 Å². The number of benzene rings is 1. The van der Waals surface area contributed by atoms with Crippen molar-refractivity contribution in [2.24, 2.45) is 0 Å².